The summed E-state index contributed by atoms with van der Waals surface area (Å²) in [5.74, 6) is 0. The van der Waals surface area contributed by atoms with Crippen molar-refractivity contribution in [3.8, 4) is 17.3 Å². The van der Waals surface area contributed by atoms with E-state index in [1.165, 1.54) is 16.8 Å². The number of imidazole rings is 1. The average Bonchev–Trinajstić information content (AvgIpc) is 2.88. The number of benzene rings is 1. The van der Waals surface area contributed by atoms with Crippen molar-refractivity contribution in [2.75, 3.05) is 0 Å². The van der Waals surface area contributed by atoms with Gasteiger partial charge >= 0.3 is 6.18 Å². The molecule has 0 saturated heterocycles. The van der Waals surface area contributed by atoms with Gasteiger partial charge in [-0.25, -0.2) is 9.97 Å². The fourth-order valence-electron chi connectivity index (χ4n) is 2.25. The Bertz CT molecular complexity index is 903. The molecule has 0 unspecified atom stereocenters. The molecule has 1 aromatic carbocycles. The molecule has 0 radical (unpaired) electrons. The van der Waals surface area contributed by atoms with Crippen LogP contribution in [0.3, 0.4) is 0 Å². The van der Waals surface area contributed by atoms with Crippen LogP contribution in [0.4, 0.5) is 13.2 Å². The van der Waals surface area contributed by atoms with Gasteiger partial charge in [0, 0.05) is 5.69 Å². The van der Waals surface area contributed by atoms with E-state index >= 15 is 0 Å². The SMILES string of the molecule is Cc1cc(-c2cccc(C(F)(F)F)c2)n2cnc(C#N)c2n1. The maximum atomic E-state index is 12.9. The predicted octanol–water partition coefficient (Wildman–Crippen LogP) is 3.60. The predicted molar refractivity (Wildman–Crippen MR) is 72.9 cm³/mol. The molecule has 22 heavy (non-hydrogen) atoms. The molecule has 110 valence electrons. The molecule has 0 spiro atoms. The third-order valence-corrected chi connectivity index (χ3v) is 3.22. The third kappa shape index (κ3) is 2.29. The second kappa shape index (κ2) is 4.84. The number of hydrogen-bond donors (Lipinski definition) is 0. The maximum absolute atomic E-state index is 12.9. The quantitative estimate of drug-likeness (QED) is 0.690. The molecule has 0 N–H and O–H groups in total. The van der Waals surface area contributed by atoms with Crippen LogP contribution in [0.1, 0.15) is 17.0 Å². The summed E-state index contributed by atoms with van der Waals surface area (Å²) in [6.45, 7) is 1.71. The Hall–Kier alpha value is -2.88. The Kier molecular flexibility index (Phi) is 3.10. The first-order chi connectivity index (χ1) is 10.4. The van der Waals surface area contributed by atoms with Gasteiger partial charge in [0.15, 0.2) is 11.3 Å². The van der Waals surface area contributed by atoms with Crippen LogP contribution in [0, 0.1) is 18.3 Å². The molecule has 0 fully saturated rings. The van der Waals surface area contributed by atoms with Gasteiger partial charge in [-0.2, -0.15) is 18.4 Å². The van der Waals surface area contributed by atoms with Crippen molar-refractivity contribution < 1.29 is 13.2 Å². The van der Waals surface area contributed by atoms with Crippen LogP contribution in [0.2, 0.25) is 0 Å². The first-order valence-electron chi connectivity index (χ1n) is 6.32. The number of fused-ring (bicyclic) bond motifs is 1. The topological polar surface area (TPSA) is 54.0 Å². The highest BCUT2D eigenvalue weighted by Gasteiger charge is 2.30. The second-order valence-electron chi connectivity index (χ2n) is 4.76. The maximum Gasteiger partial charge on any atom is 0.416 e. The summed E-state index contributed by atoms with van der Waals surface area (Å²) in [6, 6.07) is 8.59. The number of aryl methyl sites for hydroxylation is 1. The summed E-state index contributed by atoms with van der Waals surface area (Å²) in [5, 5.41) is 9.01. The van der Waals surface area contributed by atoms with Gasteiger partial charge in [-0.3, -0.25) is 4.40 Å². The second-order valence-corrected chi connectivity index (χ2v) is 4.76. The van der Waals surface area contributed by atoms with Crippen LogP contribution in [-0.4, -0.2) is 14.4 Å². The lowest BCUT2D eigenvalue weighted by molar-refractivity contribution is -0.137. The Balaban J connectivity index is 2.27. The van der Waals surface area contributed by atoms with Crippen molar-refractivity contribution in [3.05, 3.63) is 53.6 Å². The summed E-state index contributed by atoms with van der Waals surface area (Å²) in [5.41, 5.74) is 1.21. The minimum absolute atomic E-state index is 0.136. The molecule has 0 atom stereocenters. The minimum Gasteiger partial charge on any atom is -0.282 e. The Morgan fingerprint density at radius 2 is 2.00 bits per heavy atom. The molecule has 3 aromatic rings. The van der Waals surface area contributed by atoms with Crippen LogP contribution in [0.5, 0.6) is 0 Å². The number of aromatic nitrogens is 3. The lowest BCUT2D eigenvalue weighted by Gasteiger charge is -2.11. The van der Waals surface area contributed by atoms with Crippen molar-refractivity contribution in [2.45, 2.75) is 13.1 Å². The van der Waals surface area contributed by atoms with Gasteiger partial charge in [-0.05, 0) is 30.7 Å². The number of rotatable bonds is 1. The first kappa shape index (κ1) is 14.1. The Morgan fingerprint density at radius 1 is 1.23 bits per heavy atom. The van der Waals surface area contributed by atoms with E-state index in [0.29, 0.717) is 22.6 Å². The summed E-state index contributed by atoms with van der Waals surface area (Å²) in [6.07, 6.45) is -3.03. The lowest BCUT2D eigenvalue weighted by atomic mass is 10.1. The highest BCUT2D eigenvalue weighted by atomic mass is 19.4. The van der Waals surface area contributed by atoms with Crippen molar-refractivity contribution in [1.29, 1.82) is 5.26 Å². The van der Waals surface area contributed by atoms with Crippen LogP contribution < -0.4 is 0 Å². The zero-order valence-corrected chi connectivity index (χ0v) is 11.4. The van der Waals surface area contributed by atoms with E-state index in [0.717, 1.165) is 12.1 Å². The molecule has 0 aliphatic heterocycles. The van der Waals surface area contributed by atoms with Gasteiger partial charge in [0.2, 0.25) is 0 Å². The summed E-state index contributed by atoms with van der Waals surface area (Å²) >= 11 is 0. The zero-order chi connectivity index (χ0) is 15.9. The van der Waals surface area contributed by atoms with Crippen molar-refractivity contribution in [2.24, 2.45) is 0 Å². The molecular formula is C15H9F3N4. The summed E-state index contributed by atoms with van der Waals surface area (Å²) < 4.78 is 40.1. The van der Waals surface area contributed by atoms with E-state index < -0.39 is 11.7 Å². The van der Waals surface area contributed by atoms with E-state index in [4.69, 9.17) is 5.26 Å². The normalized spacial score (nSPS) is 11.6. The molecule has 0 saturated carbocycles. The molecule has 2 heterocycles. The number of alkyl halides is 3. The molecule has 0 aliphatic rings. The third-order valence-electron chi connectivity index (χ3n) is 3.22. The molecule has 3 rings (SSSR count). The number of nitrogens with zero attached hydrogens (tertiary/aromatic N) is 4. The van der Waals surface area contributed by atoms with Crippen molar-refractivity contribution in [3.63, 3.8) is 0 Å². The van der Waals surface area contributed by atoms with Gasteiger partial charge in [0.1, 0.15) is 12.4 Å². The van der Waals surface area contributed by atoms with Gasteiger partial charge in [0.05, 0.1) is 11.3 Å². The molecule has 0 bridgehead atoms. The lowest BCUT2D eigenvalue weighted by Crippen LogP contribution is -2.05. The Labute approximate surface area is 123 Å². The van der Waals surface area contributed by atoms with Crippen LogP contribution in [0.15, 0.2) is 36.7 Å². The van der Waals surface area contributed by atoms with Crippen LogP contribution in [0.25, 0.3) is 16.9 Å². The summed E-state index contributed by atoms with van der Waals surface area (Å²) in [7, 11) is 0. The molecule has 2 aromatic heterocycles. The summed E-state index contributed by atoms with van der Waals surface area (Å²) in [4.78, 5) is 8.15. The molecule has 7 heteroatoms. The number of hydrogen-bond acceptors (Lipinski definition) is 3. The van der Waals surface area contributed by atoms with Gasteiger partial charge in [-0.15, -0.1) is 0 Å². The molecule has 0 aliphatic carbocycles. The van der Waals surface area contributed by atoms with Crippen molar-refractivity contribution >= 4 is 5.65 Å². The highest BCUT2D eigenvalue weighted by Crippen LogP contribution is 2.32. The van der Waals surface area contributed by atoms with Gasteiger partial charge in [0.25, 0.3) is 0 Å². The van der Waals surface area contributed by atoms with E-state index in [-0.39, 0.29) is 5.69 Å². The molecular weight excluding hydrogens is 293 g/mol. The molecule has 0 amide bonds. The smallest absolute Gasteiger partial charge is 0.282 e. The first-order valence-corrected chi connectivity index (χ1v) is 6.32. The average molecular weight is 302 g/mol. The largest absolute Gasteiger partial charge is 0.416 e. The zero-order valence-electron chi connectivity index (χ0n) is 11.4. The number of nitriles is 1. The van der Waals surface area contributed by atoms with E-state index in [9.17, 15) is 13.2 Å². The monoisotopic (exact) mass is 302 g/mol. The van der Waals surface area contributed by atoms with Gasteiger partial charge < -0.3 is 0 Å². The fraction of sp³-hybridized carbons (Fsp3) is 0.133. The minimum atomic E-state index is -4.41. The van der Waals surface area contributed by atoms with Crippen LogP contribution in [-0.2, 0) is 6.18 Å². The van der Waals surface area contributed by atoms with E-state index in [1.54, 1.807) is 19.1 Å². The van der Waals surface area contributed by atoms with Gasteiger partial charge in [-0.1, -0.05) is 12.1 Å². The van der Waals surface area contributed by atoms with Crippen LogP contribution >= 0.6 is 0 Å². The number of halogens is 3. The highest BCUT2D eigenvalue weighted by molar-refractivity contribution is 5.66. The Morgan fingerprint density at radius 3 is 2.68 bits per heavy atom. The molecule has 4 nitrogen and oxygen atoms in total. The van der Waals surface area contributed by atoms with E-state index in [1.807, 2.05) is 6.07 Å². The van der Waals surface area contributed by atoms with Crippen molar-refractivity contribution in [1.82, 2.24) is 14.4 Å². The van der Waals surface area contributed by atoms with E-state index in [2.05, 4.69) is 9.97 Å². The fourth-order valence-corrected chi connectivity index (χ4v) is 2.25. The standard InChI is InChI=1S/C15H9F3N4/c1-9-5-13(22-8-20-12(7-19)14(22)21-9)10-3-2-4-11(6-10)15(16,17)18/h2-6,8H,1H3.